The molecule has 0 radical (unpaired) electrons. The van der Waals surface area contributed by atoms with E-state index in [0.29, 0.717) is 12.6 Å². The Kier molecular flexibility index (Phi) is 6.72. The van der Waals surface area contributed by atoms with E-state index in [0.717, 1.165) is 42.2 Å². The minimum atomic E-state index is 0.484. The fourth-order valence-electron chi connectivity index (χ4n) is 4.90. The Bertz CT molecular complexity index is 850. The zero-order chi connectivity index (χ0) is 20.9. The molecular formula is C24H36N6. The summed E-state index contributed by atoms with van der Waals surface area (Å²) in [6.07, 6.45) is 6.76. The van der Waals surface area contributed by atoms with Crippen LogP contribution < -0.4 is 10.6 Å². The molecule has 2 aliphatic rings. The molecule has 0 amide bonds. The van der Waals surface area contributed by atoms with Crippen molar-refractivity contribution in [2.45, 2.75) is 71.5 Å². The second-order valence-electron chi connectivity index (χ2n) is 8.66. The number of nitrogens with one attached hydrogen (secondary N) is 2. The first-order valence-electron chi connectivity index (χ1n) is 11.5. The molecule has 1 atom stereocenters. The highest BCUT2D eigenvalue weighted by Gasteiger charge is 2.30. The molecule has 2 heterocycles. The Hall–Kier alpha value is -2.34. The number of aryl methyl sites for hydroxylation is 1. The molecule has 1 aliphatic carbocycles. The molecule has 2 aromatic rings. The summed E-state index contributed by atoms with van der Waals surface area (Å²) >= 11 is 0. The van der Waals surface area contributed by atoms with Crippen LogP contribution in [0.25, 0.3) is 5.69 Å². The molecule has 1 aromatic carbocycles. The molecule has 6 nitrogen and oxygen atoms in total. The maximum Gasteiger partial charge on any atom is 0.191 e. The highest BCUT2D eigenvalue weighted by molar-refractivity contribution is 5.80. The summed E-state index contributed by atoms with van der Waals surface area (Å²) in [7, 11) is 0. The number of guanidine groups is 1. The van der Waals surface area contributed by atoms with E-state index in [1.54, 1.807) is 0 Å². The molecule has 30 heavy (non-hydrogen) atoms. The second kappa shape index (κ2) is 9.65. The molecule has 6 heteroatoms. The first-order valence-corrected chi connectivity index (χ1v) is 11.5. The van der Waals surface area contributed by atoms with E-state index >= 15 is 0 Å². The molecule has 1 saturated carbocycles. The Morgan fingerprint density at radius 2 is 1.90 bits per heavy atom. The highest BCUT2D eigenvalue weighted by Crippen LogP contribution is 2.26. The number of aliphatic imine (C=N–C) groups is 1. The minimum Gasteiger partial charge on any atom is -0.357 e. The van der Waals surface area contributed by atoms with Crippen LogP contribution in [0.5, 0.6) is 0 Å². The quantitative estimate of drug-likeness (QED) is 0.567. The van der Waals surface area contributed by atoms with Gasteiger partial charge in [0, 0.05) is 43.0 Å². The van der Waals surface area contributed by atoms with Crippen molar-refractivity contribution in [3.8, 4) is 5.69 Å². The molecule has 1 unspecified atom stereocenters. The Labute approximate surface area is 180 Å². The molecule has 1 aliphatic heterocycles. The van der Waals surface area contributed by atoms with Crippen molar-refractivity contribution in [1.29, 1.82) is 0 Å². The minimum absolute atomic E-state index is 0.484. The van der Waals surface area contributed by atoms with Crippen LogP contribution in [0.3, 0.4) is 0 Å². The van der Waals surface area contributed by atoms with E-state index in [1.165, 1.54) is 44.2 Å². The van der Waals surface area contributed by atoms with Gasteiger partial charge in [-0.25, -0.2) is 9.67 Å². The fourth-order valence-corrected chi connectivity index (χ4v) is 4.90. The van der Waals surface area contributed by atoms with Crippen molar-refractivity contribution < 1.29 is 0 Å². The lowest BCUT2D eigenvalue weighted by Crippen LogP contribution is -2.45. The lowest BCUT2D eigenvalue weighted by atomic mass is 10.2. The van der Waals surface area contributed by atoms with Crippen molar-refractivity contribution in [3.05, 3.63) is 47.3 Å². The van der Waals surface area contributed by atoms with E-state index < -0.39 is 0 Å². The third-order valence-corrected chi connectivity index (χ3v) is 6.58. The van der Waals surface area contributed by atoms with Gasteiger partial charge in [-0.2, -0.15) is 5.10 Å². The number of benzene rings is 1. The summed E-state index contributed by atoms with van der Waals surface area (Å²) in [5.74, 6) is 0.919. The average Bonchev–Trinajstić information content (AvgIpc) is 3.49. The largest absolute Gasteiger partial charge is 0.357 e. The van der Waals surface area contributed by atoms with Crippen molar-refractivity contribution in [3.63, 3.8) is 0 Å². The van der Waals surface area contributed by atoms with E-state index in [9.17, 15) is 0 Å². The predicted octanol–water partition coefficient (Wildman–Crippen LogP) is 3.56. The molecule has 2 fully saturated rings. The van der Waals surface area contributed by atoms with Crippen LogP contribution in [0, 0.1) is 13.8 Å². The van der Waals surface area contributed by atoms with Crippen molar-refractivity contribution in [2.75, 3.05) is 19.6 Å². The summed E-state index contributed by atoms with van der Waals surface area (Å²) in [5.41, 5.74) is 4.50. The smallest absolute Gasteiger partial charge is 0.191 e. The molecule has 0 bridgehead atoms. The summed E-state index contributed by atoms with van der Waals surface area (Å²) in [6.45, 7) is 10.2. The molecule has 4 rings (SSSR count). The Morgan fingerprint density at radius 1 is 1.13 bits per heavy atom. The zero-order valence-corrected chi connectivity index (χ0v) is 18.7. The van der Waals surface area contributed by atoms with Gasteiger partial charge in [-0.1, -0.05) is 31.0 Å². The van der Waals surface area contributed by atoms with Crippen LogP contribution in [0.1, 0.15) is 56.0 Å². The molecule has 0 spiro atoms. The standard InChI is InChI=1S/C24H36N6/c1-4-25-24(27-20-14-15-29(17-20)21-10-8-9-11-21)26-16-23-18(2)28-30(19(23)3)22-12-6-5-7-13-22/h5-7,12-13,20-21H,4,8-11,14-17H2,1-3H3,(H2,25,26,27). The lowest BCUT2D eigenvalue weighted by Gasteiger charge is -2.24. The van der Waals surface area contributed by atoms with Gasteiger partial charge >= 0.3 is 0 Å². The first-order chi connectivity index (χ1) is 14.7. The monoisotopic (exact) mass is 408 g/mol. The lowest BCUT2D eigenvalue weighted by molar-refractivity contribution is 0.242. The molecule has 1 saturated heterocycles. The highest BCUT2D eigenvalue weighted by atomic mass is 15.3. The maximum absolute atomic E-state index is 4.92. The van der Waals surface area contributed by atoms with Crippen LogP contribution in [0.4, 0.5) is 0 Å². The number of nitrogens with zero attached hydrogens (tertiary/aromatic N) is 4. The number of aromatic nitrogens is 2. The van der Waals surface area contributed by atoms with E-state index in [2.05, 4.69) is 48.4 Å². The normalized spacial score (nSPS) is 20.8. The van der Waals surface area contributed by atoms with Gasteiger partial charge < -0.3 is 10.6 Å². The van der Waals surface area contributed by atoms with Crippen LogP contribution >= 0.6 is 0 Å². The van der Waals surface area contributed by atoms with Gasteiger partial charge in [0.2, 0.25) is 0 Å². The Balaban J connectivity index is 1.42. The predicted molar refractivity (Wildman–Crippen MR) is 123 cm³/mol. The number of para-hydroxylation sites is 1. The van der Waals surface area contributed by atoms with E-state index in [4.69, 9.17) is 10.1 Å². The third-order valence-electron chi connectivity index (χ3n) is 6.58. The van der Waals surface area contributed by atoms with Crippen molar-refractivity contribution >= 4 is 5.96 Å². The third kappa shape index (κ3) is 4.69. The number of hydrogen-bond donors (Lipinski definition) is 2. The molecular weight excluding hydrogens is 372 g/mol. The van der Waals surface area contributed by atoms with Gasteiger partial charge in [-0.15, -0.1) is 0 Å². The molecule has 162 valence electrons. The van der Waals surface area contributed by atoms with E-state index in [1.807, 2.05) is 22.9 Å². The zero-order valence-electron chi connectivity index (χ0n) is 18.7. The molecule has 1 aromatic heterocycles. The van der Waals surface area contributed by atoms with Gasteiger partial charge in [0.05, 0.1) is 17.9 Å². The van der Waals surface area contributed by atoms with Crippen molar-refractivity contribution in [1.82, 2.24) is 25.3 Å². The second-order valence-corrected chi connectivity index (χ2v) is 8.66. The van der Waals surface area contributed by atoms with Gasteiger partial charge in [-0.05, 0) is 52.2 Å². The fraction of sp³-hybridized carbons (Fsp3) is 0.583. The molecule has 2 N–H and O–H groups in total. The van der Waals surface area contributed by atoms with Crippen LogP contribution in [0.15, 0.2) is 35.3 Å². The van der Waals surface area contributed by atoms with Gasteiger partial charge in [-0.3, -0.25) is 4.90 Å². The van der Waals surface area contributed by atoms with E-state index in [-0.39, 0.29) is 0 Å². The summed E-state index contributed by atoms with van der Waals surface area (Å²) < 4.78 is 2.02. The van der Waals surface area contributed by atoms with Crippen LogP contribution in [0.2, 0.25) is 0 Å². The number of likely N-dealkylation sites (tertiary alicyclic amines) is 1. The SMILES string of the molecule is CCNC(=NCc1c(C)nn(-c2ccccc2)c1C)NC1CCN(C2CCCC2)C1. The van der Waals surface area contributed by atoms with Gasteiger partial charge in [0.15, 0.2) is 5.96 Å². The van der Waals surface area contributed by atoms with Crippen LogP contribution in [-0.2, 0) is 6.54 Å². The van der Waals surface area contributed by atoms with Gasteiger partial charge in [0.1, 0.15) is 0 Å². The summed E-state index contributed by atoms with van der Waals surface area (Å²) in [5, 5.41) is 11.9. The summed E-state index contributed by atoms with van der Waals surface area (Å²) in [6, 6.07) is 11.6. The number of hydrogen-bond acceptors (Lipinski definition) is 3. The average molecular weight is 409 g/mol. The van der Waals surface area contributed by atoms with Crippen molar-refractivity contribution in [2.24, 2.45) is 4.99 Å². The number of rotatable bonds is 6. The maximum atomic E-state index is 4.92. The Morgan fingerprint density at radius 3 is 2.63 bits per heavy atom. The summed E-state index contributed by atoms with van der Waals surface area (Å²) in [4.78, 5) is 7.61. The van der Waals surface area contributed by atoms with Crippen LogP contribution in [-0.4, -0.2) is 52.4 Å². The first kappa shape index (κ1) is 20.9. The topological polar surface area (TPSA) is 57.5 Å². The van der Waals surface area contributed by atoms with Gasteiger partial charge in [0.25, 0.3) is 0 Å².